The number of quaternary nitrogens is 1. The van der Waals surface area contributed by atoms with Crippen LogP contribution in [0.4, 0.5) is 0 Å². The predicted molar refractivity (Wildman–Crippen MR) is 103 cm³/mol. The molecular formula is C16H40NO6Si2+. The van der Waals surface area contributed by atoms with E-state index < -0.39 is 17.6 Å². The van der Waals surface area contributed by atoms with E-state index in [0.717, 1.165) is 55.5 Å². The highest BCUT2D eigenvalue weighted by molar-refractivity contribution is 6.60. The fourth-order valence-electron chi connectivity index (χ4n) is 3.05. The van der Waals surface area contributed by atoms with Gasteiger partial charge in [-0.3, -0.25) is 0 Å². The van der Waals surface area contributed by atoms with Gasteiger partial charge in [-0.05, 0) is 19.8 Å². The van der Waals surface area contributed by atoms with E-state index in [1.165, 1.54) is 0 Å². The van der Waals surface area contributed by atoms with E-state index in [2.05, 4.69) is 14.0 Å². The van der Waals surface area contributed by atoms with Gasteiger partial charge in [0.25, 0.3) is 0 Å². The fourth-order valence-corrected chi connectivity index (χ4v) is 6.55. The van der Waals surface area contributed by atoms with Crippen molar-refractivity contribution in [3.63, 3.8) is 0 Å². The maximum Gasteiger partial charge on any atom is 0.500 e. The Hall–Kier alpha value is 0.154. The smallest absolute Gasteiger partial charge is 0.377 e. The van der Waals surface area contributed by atoms with Crippen LogP contribution in [0.15, 0.2) is 0 Å². The van der Waals surface area contributed by atoms with Gasteiger partial charge in [-0.15, -0.1) is 0 Å². The summed E-state index contributed by atoms with van der Waals surface area (Å²) in [6, 6.07) is 1.70. The second kappa shape index (κ2) is 12.5. The van der Waals surface area contributed by atoms with Crippen molar-refractivity contribution in [3.8, 4) is 0 Å². The summed E-state index contributed by atoms with van der Waals surface area (Å²) in [6.07, 6.45) is 3.19. The zero-order chi connectivity index (χ0) is 19.4. The SMILES string of the molecule is CC[N+](C)(CCCC[Si](OC)(OC)OC)CCC[Si](OC)(OC)OC. The van der Waals surface area contributed by atoms with Gasteiger partial charge in [-0.2, -0.15) is 0 Å². The van der Waals surface area contributed by atoms with Gasteiger partial charge in [0, 0.05) is 61.2 Å². The third kappa shape index (κ3) is 8.14. The summed E-state index contributed by atoms with van der Waals surface area (Å²) in [7, 11) is 7.43. The molecule has 0 N–H and O–H groups in total. The van der Waals surface area contributed by atoms with Gasteiger partial charge >= 0.3 is 17.6 Å². The maximum atomic E-state index is 5.51. The minimum atomic E-state index is -2.46. The molecule has 25 heavy (non-hydrogen) atoms. The minimum Gasteiger partial charge on any atom is -0.377 e. The monoisotopic (exact) mass is 398 g/mol. The van der Waals surface area contributed by atoms with Crippen molar-refractivity contribution in [2.24, 2.45) is 0 Å². The van der Waals surface area contributed by atoms with E-state index in [-0.39, 0.29) is 0 Å². The zero-order valence-corrected chi connectivity index (χ0v) is 19.6. The standard InChI is InChI=1S/C16H40NO6Si2/c1-9-17(2,14-12-16-25(21-6,22-7)23-8)13-10-11-15-24(18-3,19-4)20-5/h9-16H2,1-8H3/q+1. The molecule has 1 unspecified atom stereocenters. The van der Waals surface area contributed by atoms with Crippen LogP contribution in [-0.4, -0.2) is 91.4 Å². The molecule has 0 rings (SSSR count). The van der Waals surface area contributed by atoms with E-state index in [1.807, 2.05) is 0 Å². The number of hydrogen-bond donors (Lipinski definition) is 0. The Morgan fingerprint density at radius 2 is 0.960 bits per heavy atom. The summed E-state index contributed by atoms with van der Waals surface area (Å²) < 4.78 is 34.0. The van der Waals surface area contributed by atoms with E-state index >= 15 is 0 Å². The Balaban J connectivity index is 4.37. The van der Waals surface area contributed by atoms with Crippen molar-refractivity contribution in [1.82, 2.24) is 0 Å². The molecule has 0 fully saturated rings. The Morgan fingerprint density at radius 3 is 1.32 bits per heavy atom. The number of rotatable bonds is 16. The molecule has 1 atom stereocenters. The Morgan fingerprint density at radius 1 is 0.600 bits per heavy atom. The van der Waals surface area contributed by atoms with Crippen molar-refractivity contribution in [1.29, 1.82) is 0 Å². The molecule has 0 aliphatic rings. The minimum absolute atomic E-state index is 0.845. The van der Waals surface area contributed by atoms with E-state index in [4.69, 9.17) is 26.6 Å². The van der Waals surface area contributed by atoms with Crippen LogP contribution in [0, 0.1) is 0 Å². The Bertz CT molecular complexity index is 326. The van der Waals surface area contributed by atoms with Crippen LogP contribution in [0.5, 0.6) is 0 Å². The first-order chi connectivity index (χ1) is 11.8. The highest BCUT2D eigenvalue weighted by atomic mass is 28.4. The molecule has 152 valence electrons. The maximum absolute atomic E-state index is 5.51. The first-order valence-electron chi connectivity index (χ1n) is 8.98. The first-order valence-corrected chi connectivity index (χ1v) is 12.8. The molecule has 0 aromatic heterocycles. The highest BCUT2D eigenvalue weighted by Crippen LogP contribution is 2.20. The van der Waals surface area contributed by atoms with Crippen LogP contribution < -0.4 is 0 Å². The largest absolute Gasteiger partial charge is 0.500 e. The third-order valence-electron chi connectivity index (χ3n) is 5.24. The fraction of sp³-hybridized carbons (Fsp3) is 1.00. The normalized spacial score (nSPS) is 15.4. The summed E-state index contributed by atoms with van der Waals surface area (Å²) >= 11 is 0. The van der Waals surface area contributed by atoms with Crippen LogP contribution in [0.1, 0.15) is 26.2 Å². The van der Waals surface area contributed by atoms with Crippen LogP contribution in [0.3, 0.4) is 0 Å². The highest BCUT2D eigenvalue weighted by Gasteiger charge is 2.39. The molecule has 0 bridgehead atoms. The van der Waals surface area contributed by atoms with Crippen molar-refractivity contribution < 1.29 is 31.0 Å². The summed E-state index contributed by atoms with van der Waals surface area (Å²) in [5, 5.41) is 0. The van der Waals surface area contributed by atoms with E-state index in [1.54, 1.807) is 42.7 Å². The molecule has 0 heterocycles. The summed E-state index contributed by atoms with van der Waals surface area (Å²) in [5.41, 5.74) is 0. The second-order valence-electron chi connectivity index (χ2n) is 6.53. The van der Waals surface area contributed by atoms with Gasteiger partial charge in [0.05, 0.1) is 26.7 Å². The quantitative estimate of drug-likeness (QED) is 0.226. The molecule has 0 aliphatic heterocycles. The van der Waals surface area contributed by atoms with E-state index in [0.29, 0.717) is 0 Å². The van der Waals surface area contributed by atoms with Gasteiger partial charge < -0.3 is 31.0 Å². The third-order valence-corrected chi connectivity index (χ3v) is 10.9. The summed E-state index contributed by atoms with van der Waals surface area (Å²) in [6.45, 7) is 5.55. The van der Waals surface area contributed by atoms with E-state index in [9.17, 15) is 0 Å². The molecule has 0 spiro atoms. The van der Waals surface area contributed by atoms with Crippen LogP contribution in [0.25, 0.3) is 0 Å². The average molecular weight is 399 g/mol. The van der Waals surface area contributed by atoms with Crippen LogP contribution in [0.2, 0.25) is 12.1 Å². The lowest BCUT2D eigenvalue weighted by Crippen LogP contribution is -2.48. The van der Waals surface area contributed by atoms with Gasteiger partial charge in [0.15, 0.2) is 0 Å². The zero-order valence-electron chi connectivity index (χ0n) is 17.6. The number of nitrogens with zero attached hydrogens (tertiary/aromatic N) is 1. The molecular weight excluding hydrogens is 358 g/mol. The lowest BCUT2D eigenvalue weighted by molar-refractivity contribution is -0.908. The molecule has 0 radical (unpaired) electrons. The molecule has 0 saturated heterocycles. The molecule has 0 aromatic carbocycles. The van der Waals surface area contributed by atoms with Crippen molar-refractivity contribution in [2.75, 3.05) is 69.3 Å². The lowest BCUT2D eigenvalue weighted by atomic mass is 10.2. The number of hydrogen-bond acceptors (Lipinski definition) is 6. The second-order valence-corrected chi connectivity index (χ2v) is 12.7. The molecule has 0 aromatic rings. The average Bonchev–Trinajstić information content (AvgIpc) is 2.66. The molecule has 0 saturated carbocycles. The molecule has 7 nitrogen and oxygen atoms in total. The van der Waals surface area contributed by atoms with Crippen molar-refractivity contribution in [3.05, 3.63) is 0 Å². The van der Waals surface area contributed by atoms with Gasteiger partial charge in [0.1, 0.15) is 0 Å². The van der Waals surface area contributed by atoms with Crippen LogP contribution in [-0.2, 0) is 26.6 Å². The summed E-state index contributed by atoms with van der Waals surface area (Å²) in [4.78, 5) is 0. The van der Waals surface area contributed by atoms with Crippen LogP contribution >= 0.6 is 0 Å². The predicted octanol–water partition coefficient (Wildman–Crippen LogP) is 2.38. The molecule has 9 heteroatoms. The lowest BCUT2D eigenvalue weighted by Gasteiger charge is -2.35. The molecule has 0 amide bonds. The van der Waals surface area contributed by atoms with Crippen molar-refractivity contribution in [2.45, 2.75) is 38.3 Å². The summed E-state index contributed by atoms with van der Waals surface area (Å²) in [5.74, 6) is 0. The topological polar surface area (TPSA) is 55.4 Å². The molecule has 0 aliphatic carbocycles. The number of unbranched alkanes of at least 4 members (excludes halogenated alkanes) is 1. The van der Waals surface area contributed by atoms with Crippen molar-refractivity contribution >= 4 is 17.6 Å². The van der Waals surface area contributed by atoms with Gasteiger partial charge in [-0.25, -0.2) is 0 Å². The Labute approximate surface area is 156 Å². The Kier molecular flexibility index (Phi) is 12.6. The van der Waals surface area contributed by atoms with Gasteiger partial charge in [-0.1, -0.05) is 0 Å². The first kappa shape index (κ1) is 25.2. The van der Waals surface area contributed by atoms with Gasteiger partial charge in [0.2, 0.25) is 0 Å².